The van der Waals surface area contributed by atoms with Gasteiger partial charge in [-0.2, -0.15) is 5.26 Å². The predicted octanol–water partition coefficient (Wildman–Crippen LogP) is 2.58. The summed E-state index contributed by atoms with van der Waals surface area (Å²) < 4.78 is 0. The van der Waals surface area contributed by atoms with Crippen molar-refractivity contribution in [2.45, 2.75) is 33.1 Å². The molecule has 2 rings (SSSR count). The molecular formula is C15H22N4OS. The first-order valence-corrected chi connectivity index (χ1v) is 8.25. The monoisotopic (exact) mass is 306 g/mol. The van der Waals surface area contributed by atoms with E-state index in [1.807, 2.05) is 6.92 Å². The molecule has 1 aromatic rings. The van der Waals surface area contributed by atoms with Crippen LogP contribution in [0.1, 0.15) is 48.3 Å². The fourth-order valence-electron chi connectivity index (χ4n) is 2.46. The Kier molecular flexibility index (Phi) is 5.07. The molecule has 0 aliphatic carbocycles. The van der Waals surface area contributed by atoms with Crippen LogP contribution in [0, 0.1) is 17.2 Å². The first-order valence-electron chi connectivity index (χ1n) is 7.44. The number of hydrogen-bond acceptors (Lipinski definition) is 5. The van der Waals surface area contributed by atoms with Crippen LogP contribution in [0.3, 0.4) is 0 Å². The molecule has 114 valence electrons. The van der Waals surface area contributed by atoms with Gasteiger partial charge in [-0.05, 0) is 25.2 Å². The van der Waals surface area contributed by atoms with Crippen molar-refractivity contribution in [1.82, 2.24) is 5.32 Å². The summed E-state index contributed by atoms with van der Waals surface area (Å²) in [4.78, 5) is 14.8. The van der Waals surface area contributed by atoms with Crippen molar-refractivity contribution < 1.29 is 4.79 Å². The maximum Gasteiger partial charge on any atom is 0.263 e. The third-order valence-electron chi connectivity index (χ3n) is 3.85. The van der Waals surface area contributed by atoms with Gasteiger partial charge in [0.05, 0.1) is 5.69 Å². The van der Waals surface area contributed by atoms with E-state index in [9.17, 15) is 10.1 Å². The van der Waals surface area contributed by atoms with Crippen LogP contribution < -0.4 is 16.0 Å². The fourth-order valence-corrected chi connectivity index (χ4v) is 3.60. The molecule has 1 aromatic heterocycles. The minimum atomic E-state index is -0.174. The van der Waals surface area contributed by atoms with Crippen molar-refractivity contribution in [1.29, 1.82) is 5.26 Å². The normalized spacial score (nSPS) is 15.8. The summed E-state index contributed by atoms with van der Waals surface area (Å²) in [5.74, 6) is 0.545. The molecule has 1 fully saturated rings. The van der Waals surface area contributed by atoms with Crippen molar-refractivity contribution in [2.24, 2.45) is 5.92 Å². The predicted molar refractivity (Wildman–Crippen MR) is 86.7 cm³/mol. The Morgan fingerprint density at radius 3 is 2.76 bits per heavy atom. The number of piperidine rings is 1. The van der Waals surface area contributed by atoms with Crippen molar-refractivity contribution in [3.05, 3.63) is 10.4 Å². The summed E-state index contributed by atoms with van der Waals surface area (Å²) in [5, 5.41) is 13.0. The molecule has 1 aliphatic rings. The Balaban J connectivity index is 2.26. The van der Waals surface area contributed by atoms with Gasteiger partial charge in [-0.15, -0.1) is 11.3 Å². The lowest BCUT2D eigenvalue weighted by atomic mass is 9.99. The molecule has 0 radical (unpaired) electrons. The third kappa shape index (κ3) is 3.30. The highest BCUT2D eigenvalue weighted by atomic mass is 32.1. The molecule has 0 spiro atoms. The van der Waals surface area contributed by atoms with Gasteiger partial charge >= 0.3 is 0 Å². The molecule has 5 nitrogen and oxygen atoms in total. The second kappa shape index (κ2) is 6.81. The molecular weight excluding hydrogens is 284 g/mol. The minimum absolute atomic E-state index is 0.174. The highest BCUT2D eigenvalue weighted by Crippen LogP contribution is 2.39. The van der Waals surface area contributed by atoms with Gasteiger partial charge in [0.2, 0.25) is 0 Å². The molecule has 0 atom stereocenters. The first-order chi connectivity index (χ1) is 10.1. The molecule has 2 heterocycles. The lowest BCUT2D eigenvalue weighted by Crippen LogP contribution is -2.32. The van der Waals surface area contributed by atoms with Crippen LogP contribution in [0.5, 0.6) is 0 Å². The number of nitrogens with two attached hydrogens (primary N) is 1. The lowest BCUT2D eigenvalue weighted by Gasteiger charge is -2.31. The quantitative estimate of drug-likeness (QED) is 0.895. The number of anilines is 2. The Morgan fingerprint density at radius 2 is 2.19 bits per heavy atom. The van der Waals surface area contributed by atoms with Gasteiger partial charge < -0.3 is 16.0 Å². The summed E-state index contributed by atoms with van der Waals surface area (Å²) in [6.07, 6.45) is 3.10. The summed E-state index contributed by atoms with van der Waals surface area (Å²) >= 11 is 1.34. The van der Waals surface area contributed by atoms with Gasteiger partial charge in [-0.25, -0.2) is 0 Å². The largest absolute Gasteiger partial charge is 0.396 e. The van der Waals surface area contributed by atoms with E-state index in [4.69, 9.17) is 5.73 Å². The van der Waals surface area contributed by atoms with Gasteiger partial charge in [0.1, 0.15) is 21.5 Å². The number of carbonyl (C=O) groups is 1. The second-order valence-corrected chi connectivity index (χ2v) is 6.56. The van der Waals surface area contributed by atoms with E-state index in [1.54, 1.807) is 0 Å². The molecule has 21 heavy (non-hydrogen) atoms. The summed E-state index contributed by atoms with van der Waals surface area (Å²) in [6.45, 7) is 6.71. The molecule has 1 saturated heterocycles. The average Bonchev–Trinajstić information content (AvgIpc) is 2.82. The van der Waals surface area contributed by atoms with Gasteiger partial charge in [0, 0.05) is 19.6 Å². The van der Waals surface area contributed by atoms with Crippen LogP contribution in [-0.2, 0) is 0 Å². The third-order valence-corrected chi connectivity index (χ3v) is 5.12. The highest BCUT2D eigenvalue weighted by Gasteiger charge is 2.26. The lowest BCUT2D eigenvalue weighted by molar-refractivity contribution is 0.0958. The van der Waals surface area contributed by atoms with Gasteiger partial charge in [-0.1, -0.05) is 13.8 Å². The molecule has 0 unspecified atom stereocenters. The summed E-state index contributed by atoms with van der Waals surface area (Å²) in [7, 11) is 0. The SMILES string of the molecule is CCCNC(=O)c1sc(N2CCC(C)CC2)c(C#N)c1N. The van der Waals surface area contributed by atoms with E-state index in [2.05, 4.69) is 23.2 Å². The number of nitrogens with zero attached hydrogens (tertiary/aromatic N) is 2. The van der Waals surface area contributed by atoms with E-state index < -0.39 is 0 Å². The number of thiophene rings is 1. The van der Waals surface area contributed by atoms with Crippen LogP contribution in [0.15, 0.2) is 0 Å². The molecule has 0 aromatic carbocycles. The topological polar surface area (TPSA) is 82.2 Å². The van der Waals surface area contributed by atoms with Crippen LogP contribution in [0.4, 0.5) is 10.7 Å². The maximum absolute atomic E-state index is 12.1. The zero-order chi connectivity index (χ0) is 15.4. The Labute approximate surface area is 129 Å². The zero-order valence-electron chi connectivity index (χ0n) is 12.6. The van der Waals surface area contributed by atoms with E-state index in [1.165, 1.54) is 11.3 Å². The van der Waals surface area contributed by atoms with Crippen LogP contribution in [0.25, 0.3) is 0 Å². The number of hydrogen-bond donors (Lipinski definition) is 2. The molecule has 0 bridgehead atoms. The number of nitriles is 1. The number of amides is 1. The molecule has 3 N–H and O–H groups in total. The molecule has 0 saturated carbocycles. The van der Waals surface area contributed by atoms with Crippen molar-refractivity contribution in [3.8, 4) is 6.07 Å². The molecule has 1 amide bonds. The van der Waals surface area contributed by atoms with Crippen LogP contribution in [0.2, 0.25) is 0 Å². The first kappa shape index (κ1) is 15.6. The fraction of sp³-hybridized carbons (Fsp3) is 0.600. The zero-order valence-corrected chi connectivity index (χ0v) is 13.4. The van der Waals surface area contributed by atoms with Gasteiger partial charge in [0.25, 0.3) is 5.91 Å². The van der Waals surface area contributed by atoms with Gasteiger partial charge in [-0.3, -0.25) is 4.79 Å². The van der Waals surface area contributed by atoms with Crippen LogP contribution >= 0.6 is 11.3 Å². The number of carbonyl (C=O) groups excluding carboxylic acids is 1. The van der Waals surface area contributed by atoms with Crippen molar-refractivity contribution >= 4 is 27.9 Å². The Bertz CT molecular complexity index is 553. The van der Waals surface area contributed by atoms with Crippen molar-refractivity contribution in [3.63, 3.8) is 0 Å². The standard InChI is InChI=1S/C15H22N4OS/c1-3-6-18-14(20)13-12(17)11(9-16)15(21-13)19-7-4-10(2)5-8-19/h10H,3-8,17H2,1-2H3,(H,18,20). The number of rotatable bonds is 4. The summed E-state index contributed by atoms with van der Waals surface area (Å²) in [5.41, 5.74) is 6.80. The Hall–Kier alpha value is -1.74. The highest BCUT2D eigenvalue weighted by molar-refractivity contribution is 7.19. The number of nitrogen functional groups attached to an aromatic ring is 1. The van der Waals surface area contributed by atoms with Crippen molar-refractivity contribution in [2.75, 3.05) is 30.3 Å². The summed E-state index contributed by atoms with van der Waals surface area (Å²) in [6, 6.07) is 2.17. The van der Waals surface area contributed by atoms with Gasteiger partial charge in [0.15, 0.2) is 0 Å². The van der Waals surface area contributed by atoms with E-state index in [-0.39, 0.29) is 5.91 Å². The molecule has 6 heteroatoms. The van der Waals surface area contributed by atoms with E-state index in [0.717, 1.165) is 43.3 Å². The molecule has 1 aliphatic heterocycles. The van der Waals surface area contributed by atoms with Crippen LogP contribution in [-0.4, -0.2) is 25.5 Å². The minimum Gasteiger partial charge on any atom is -0.396 e. The smallest absolute Gasteiger partial charge is 0.263 e. The average molecular weight is 306 g/mol. The second-order valence-electron chi connectivity index (χ2n) is 5.56. The van der Waals surface area contributed by atoms with E-state index in [0.29, 0.717) is 22.7 Å². The Morgan fingerprint density at radius 1 is 1.52 bits per heavy atom. The van der Waals surface area contributed by atoms with E-state index >= 15 is 0 Å². The maximum atomic E-state index is 12.1. The number of nitrogens with one attached hydrogen (secondary N) is 1.